The van der Waals surface area contributed by atoms with Crippen molar-refractivity contribution in [1.29, 1.82) is 0 Å². The van der Waals surface area contributed by atoms with Crippen LogP contribution in [0.1, 0.15) is 17.5 Å². The second-order valence-electron chi connectivity index (χ2n) is 3.06. The molecule has 0 nitrogen and oxygen atoms in total. The molecular formula is C11H14Cl2S. The van der Waals surface area contributed by atoms with Crippen molar-refractivity contribution in [1.82, 2.24) is 0 Å². The van der Waals surface area contributed by atoms with Gasteiger partial charge in [0.15, 0.2) is 0 Å². The molecular weight excluding hydrogens is 235 g/mol. The molecule has 0 unspecified atom stereocenters. The molecule has 1 aromatic carbocycles. The highest BCUT2D eigenvalue weighted by atomic mass is 35.5. The summed E-state index contributed by atoms with van der Waals surface area (Å²) in [6.45, 7) is 0. The number of halogens is 2. The van der Waals surface area contributed by atoms with Gasteiger partial charge < -0.3 is 0 Å². The van der Waals surface area contributed by atoms with Crippen LogP contribution < -0.4 is 0 Å². The van der Waals surface area contributed by atoms with Gasteiger partial charge >= 0.3 is 0 Å². The Labute approximate surface area is 100.0 Å². The summed E-state index contributed by atoms with van der Waals surface area (Å²) in [4.78, 5) is 1.27. The van der Waals surface area contributed by atoms with Gasteiger partial charge in [-0.1, -0.05) is 6.07 Å². The van der Waals surface area contributed by atoms with Gasteiger partial charge in [0.25, 0.3) is 0 Å². The van der Waals surface area contributed by atoms with E-state index >= 15 is 0 Å². The van der Waals surface area contributed by atoms with Crippen LogP contribution in [0.4, 0.5) is 0 Å². The Morgan fingerprint density at radius 1 is 1.21 bits per heavy atom. The molecule has 0 N–H and O–H groups in total. The third-order valence-electron chi connectivity index (χ3n) is 2.14. The lowest BCUT2D eigenvalue weighted by Crippen LogP contribution is -1.93. The lowest BCUT2D eigenvalue weighted by Gasteiger charge is -2.07. The minimum Gasteiger partial charge on any atom is -0.130 e. The van der Waals surface area contributed by atoms with Crippen molar-refractivity contribution in [2.45, 2.75) is 23.6 Å². The predicted octanol–water partition coefficient (Wildman–Crippen LogP) is 4.32. The summed E-state index contributed by atoms with van der Waals surface area (Å²) in [6.07, 6.45) is 4.12. The first-order valence-corrected chi connectivity index (χ1v) is 6.89. The van der Waals surface area contributed by atoms with Gasteiger partial charge in [-0.3, -0.25) is 0 Å². The van der Waals surface area contributed by atoms with E-state index in [-0.39, 0.29) is 0 Å². The van der Waals surface area contributed by atoms with Crippen molar-refractivity contribution in [2.24, 2.45) is 0 Å². The average Bonchev–Trinajstić information content (AvgIpc) is 2.26. The minimum absolute atomic E-state index is 0.589. The van der Waals surface area contributed by atoms with E-state index in [4.69, 9.17) is 23.2 Å². The molecule has 78 valence electrons. The maximum atomic E-state index is 5.90. The van der Waals surface area contributed by atoms with Crippen LogP contribution in [-0.4, -0.2) is 12.1 Å². The zero-order valence-electron chi connectivity index (χ0n) is 8.22. The van der Waals surface area contributed by atoms with Crippen LogP contribution in [-0.2, 0) is 12.3 Å². The summed E-state index contributed by atoms with van der Waals surface area (Å²) < 4.78 is 0. The van der Waals surface area contributed by atoms with E-state index in [1.165, 1.54) is 16.0 Å². The zero-order chi connectivity index (χ0) is 10.4. The molecule has 1 rings (SSSR count). The van der Waals surface area contributed by atoms with Gasteiger partial charge in [0.05, 0.1) is 0 Å². The maximum absolute atomic E-state index is 5.90. The van der Waals surface area contributed by atoms with Gasteiger partial charge in [0, 0.05) is 16.7 Å². The lowest BCUT2D eigenvalue weighted by molar-refractivity contribution is 0.914. The van der Waals surface area contributed by atoms with Gasteiger partial charge in [0.2, 0.25) is 0 Å². The lowest BCUT2D eigenvalue weighted by atomic mass is 10.0. The Hall–Kier alpha value is 0.150. The van der Waals surface area contributed by atoms with E-state index < -0.39 is 0 Å². The summed E-state index contributed by atoms with van der Waals surface area (Å²) in [6, 6.07) is 6.47. The number of alkyl halides is 2. The van der Waals surface area contributed by atoms with Crippen LogP contribution in [0.25, 0.3) is 0 Å². The number of hydrogen-bond donors (Lipinski definition) is 0. The Balaban J connectivity index is 2.82. The molecule has 0 aliphatic rings. The monoisotopic (exact) mass is 248 g/mol. The molecule has 0 saturated carbocycles. The van der Waals surface area contributed by atoms with E-state index in [0.29, 0.717) is 11.8 Å². The van der Waals surface area contributed by atoms with E-state index in [0.717, 1.165) is 12.8 Å². The minimum atomic E-state index is 0.589. The van der Waals surface area contributed by atoms with Crippen molar-refractivity contribution < 1.29 is 0 Å². The van der Waals surface area contributed by atoms with E-state index in [9.17, 15) is 0 Å². The highest BCUT2D eigenvalue weighted by molar-refractivity contribution is 7.98. The Bertz CT molecular complexity index is 287. The SMILES string of the molecule is CSc1ccc(CCCCl)c(CCl)c1. The van der Waals surface area contributed by atoms with Gasteiger partial charge in [-0.05, 0) is 42.4 Å². The molecule has 0 aliphatic heterocycles. The van der Waals surface area contributed by atoms with Crippen molar-refractivity contribution in [3.63, 3.8) is 0 Å². The van der Waals surface area contributed by atoms with Gasteiger partial charge in [-0.25, -0.2) is 0 Å². The molecule has 0 spiro atoms. The largest absolute Gasteiger partial charge is 0.130 e. The molecule has 0 radical (unpaired) electrons. The summed E-state index contributed by atoms with van der Waals surface area (Å²) in [5, 5.41) is 0. The second kappa shape index (κ2) is 6.60. The summed E-state index contributed by atoms with van der Waals surface area (Å²) >= 11 is 13.3. The molecule has 0 heterocycles. The molecule has 0 saturated heterocycles. The third-order valence-corrected chi connectivity index (χ3v) is 3.42. The fourth-order valence-corrected chi connectivity index (χ4v) is 2.20. The van der Waals surface area contributed by atoms with Crippen LogP contribution in [0.15, 0.2) is 23.1 Å². The highest BCUT2D eigenvalue weighted by Crippen LogP contribution is 2.21. The smallest absolute Gasteiger partial charge is 0.0477 e. The zero-order valence-corrected chi connectivity index (χ0v) is 10.6. The number of aryl methyl sites for hydroxylation is 1. The van der Waals surface area contributed by atoms with Crippen LogP contribution in [0, 0.1) is 0 Å². The Kier molecular flexibility index (Phi) is 5.76. The number of thioether (sulfide) groups is 1. The molecule has 0 bridgehead atoms. The number of rotatable bonds is 5. The summed E-state index contributed by atoms with van der Waals surface area (Å²) in [5.41, 5.74) is 2.57. The van der Waals surface area contributed by atoms with Crippen LogP contribution >= 0.6 is 35.0 Å². The van der Waals surface area contributed by atoms with Gasteiger partial charge in [0.1, 0.15) is 0 Å². The van der Waals surface area contributed by atoms with Crippen molar-refractivity contribution in [3.8, 4) is 0 Å². The van der Waals surface area contributed by atoms with Crippen LogP contribution in [0.3, 0.4) is 0 Å². The van der Waals surface area contributed by atoms with Crippen molar-refractivity contribution in [3.05, 3.63) is 29.3 Å². The highest BCUT2D eigenvalue weighted by Gasteiger charge is 2.02. The quantitative estimate of drug-likeness (QED) is 0.553. The van der Waals surface area contributed by atoms with Gasteiger partial charge in [-0.2, -0.15) is 0 Å². The van der Waals surface area contributed by atoms with Crippen LogP contribution in [0.5, 0.6) is 0 Å². The standard InChI is InChI=1S/C11H14Cl2S/c1-14-11-5-4-9(3-2-6-12)10(7-11)8-13/h4-5,7H,2-3,6,8H2,1H3. The molecule has 0 aliphatic carbocycles. The van der Waals surface area contributed by atoms with Crippen molar-refractivity contribution >= 4 is 35.0 Å². The number of hydrogen-bond acceptors (Lipinski definition) is 1. The molecule has 1 aromatic rings. The van der Waals surface area contributed by atoms with E-state index in [1.807, 2.05) is 0 Å². The summed E-state index contributed by atoms with van der Waals surface area (Å²) in [5.74, 6) is 1.30. The number of benzene rings is 1. The average molecular weight is 249 g/mol. The van der Waals surface area contributed by atoms with E-state index in [2.05, 4.69) is 24.5 Å². The molecule has 0 amide bonds. The van der Waals surface area contributed by atoms with Gasteiger partial charge in [-0.15, -0.1) is 35.0 Å². The first kappa shape index (κ1) is 12.2. The predicted molar refractivity (Wildman–Crippen MR) is 66.8 cm³/mol. The Morgan fingerprint density at radius 3 is 2.57 bits per heavy atom. The molecule has 0 aromatic heterocycles. The maximum Gasteiger partial charge on any atom is 0.0477 e. The second-order valence-corrected chi connectivity index (χ2v) is 4.59. The fraction of sp³-hybridized carbons (Fsp3) is 0.455. The molecule has 14 heavy (non-hydrogen) atoms. The normalized spacial score (nSPS) is 10.5. The van der Waals surface area contributed by atoms with Crippen molar-refractivity contribution in [2.75, 3.05) is 12.1 Å². The topological polar surface area (TPSA) is 0 Å². The molecule has 0 atom stereocenters. The summed E-state index contributed by atoms with van der Waals surface area (Å²) in [7, 11) is 0. The Morgan fingerprint density at radius 2 is 2.00 bits per heavy atom. The van der Waals surface area contributed by atoms with E-state index in [1.54, 1.807) is 11.8 Å². The fourth-order valence-electron chi connectivity index (χ4n) is 1.35. The van der Waals surface area contributed by atoms with Crippen LogP contribution in [0.2, 0.25) is 0 Å². The molecule has 0 fully saturated rings. The first-order chi connectivity index (χ1) is 6.81. The molecule has 3 heteroatoms. The third kappa shape index (κ3) is 3.38. The first-order valence-electron chi connectivity index (χ1n) is 4.59.